The van der Waals surface area contributed by atoms with E-state index >= 15 is 0 Å². The van der Waals surface area contributed by atoms with E-state index in [1.54, 1.807) is 0 Å². The number of imidazole rings is 1. The van der Waals surface area contributed by atoms with Gasteiger partial charge in [-0.15, -0.1) is 0 Å². The summed E-state index contributed by atoms with van der Waals surface area (Å²) < 4.78 is 25.9. The Hall–Kier alpha value is -2.28. The first-order valence-electron chi connectivity index (χ1n) is 6.45. The number of aromatic nitrogens is 2. The molecule has 5 nitrogen and oxygen atoms in total. The van der Waals surface area contributed by atoms with E-state index in [0.29, 0.717) is 11.0 Å². The summed E-state index contributed by atoms with van der Waals surface area (Å²) in [6, 6.07) is 8.60. The lowest BCUT2D eigenvalue weighted by Crippen LogP contribution is -2.42. The van der Waals surface area contributed by atoms with Gasteiger partial charge in [-0.3, -0.25) is 9.36 Å². The molecule has 0 aliphatic heterocycles. The minimum atomic E-state index is -2.68. The summed E-state index contributed by atoms with van der Waals surface area (Å²) in [4.78, 5) is 15.6. The molecule has 0 fully saturated rings. The molecule has 1 aromatic carbocycles. The average molecular weight is 294 g/mol. The molecule has 0 radical (unpaired) electrons. The molecule has 0 bridgehead atoms. The third kappa shape index (κ3) is 4.09. The van der Waals surface area contributed by atoms with Crippen molar-refractivity contribution < 1.29 is 13.6 Å². The van der Waals surface area contributed by atoms with Crippen LogP contribution >= 0.6 is 0 Å². The van der Waals surface area contributed by atoms with E-state index < -0.39 is 18.5 Å². The summed E-state index contributed by atoms with van der Waals surface area (Å²) in [5.74, 6) is -0.312. The first kappa shape index (κ1) is 15.1. The Morgan fingerprint density at radius 1 is 1.33 bits per heavy atom. The first-order chi connectivity index (χ1) is 10.1. The van der Waals surface area contributed by atoms with Crippen LogP contribution in [0.2, 0.25) is 0 Å². The van der Waals surface area contributed by atoms with E-state index in [4.69, 9.17) is 5.73 Å². The van der Waals surface area contributed by atoms with Gasteiger partial charge >= 0.3 is 6.55 Å². The van der Waals surface area contributed by atoms with Crippen LogP contribution in [0.4, 0.5) is 8.78 Å². The van der Waals surface area contributed by atoms with Gasteiger partial charge < -0.3 is 11.1 Å². The lowest BCUT2D eigenvalue weighted by atomic mass is 10.1. The molecule has 2 aromatic rings. The van der Waals surface area contributed by atoms with Gasteiger partial charge in [0.1, 0.15) is 5.82 Å². The maximum absolute atomic E-state index is 12.6. The number of nitrogens with one attached hydrogen (secondary N) is 1. The molecular weight excluding hydrogens is 278 g/mol. The third-order valence-electron chi connectivity index (χ3n) is 3.02. The minimum Gasteiger partial charge on any atom is -0.348 e. The summed E-state index contributed by atoms with van der Waals surface area (Å²) in [5.41, 5.74) is 6.74. The van der Waals surface area contributed by atoms with Crippen LogP contribution in [0.15, 0.2) is 42.7 Å². The Morgan fingerprint density at radius 2 is 2.05 bits per heavy atom. The first-order valence-corrected chi connectivity index (χ1v) is 6.45. The van der Waals surface area contributed by atoms with E-state index in [0.717, 1.165) is 11.8 Å². The topological polar surface area (TPSA) is 72.9 Å². The molecule has 7 heteroatoms. The van der Waals surface area contributed by atoms with Gasteiger partial charge in [0.05, 0.1) is 12.6 Å². The zero-order valence-electron chi connectivity index (χ0n) is 11.2. The van der Waals surface area contributed by atoms with Crippen molar-refractivity contribution >= 4 is 5.91 Å². The number of rotatable bonds is 6. The fourth-order valence-electron chi connectivity index (χ4n) is 1.92. The maximum Gasteiger partial charge on any atom is 0.319 e. The predicted molar refractivity (Wildman–Crippen MR) is 73.4 cm³/mol. The summed E-state index contributed by atoms with van der Waals surface area (Å²) in [6.45, 7) is -2.77. The molecule has 1 atom stereocenters. The molecule has 3 N–H and O–H groups in total. The van der Waals surface area contributed by atoms with E-state index in [1.807, 2.05) is 30.3 Å². The molecule has 2 rings (SSSR count). The number of nitrogens with zero attached hydrogens (tertiary/aromatic N) is 2. The average Bonchev–Trinajstić information content (AvgIpc) is 2.94. The molecular formula is C14H16F2N4O. The second-order valence-electron chi connectivity index (χ2n) is 4.54. The fraction of sp³-hybridized carbons (Fsp3) is 0.286. The van der Waals surface area contributed by atoms with Crippen molar-refractivity contribution in [2.75, 3.05) is 0 Å². The number of halogens is 2. The molecule has 1 heterocycles. The van der Waals surface area contributed by atoms with Crippen LogP contribution in [0, 0.1) is 0 Å². The van der Waals surface area contributed by atoms with Gasteiger partial charge in [-0.2, -0.15) is 8.78 Å². The maximum atomic E-state index is 12.6. The number of nitrogens with two attached hydrogens (primary N) is 1. The summed E-state index contributed by atoms with van der Waals surface area (Å²) in [7, 11) is 0. The fourth-order valence-corrected chi connectivity index (χ4v) is 1.92. The molecule has 0 aliphatic carbocycles. The zero-order valence-corrected chi connectivity index (χ0v) is 11.2. The summed E-state index contributed by atoms with van der Waals surface area (Å²) >= 11 is 0. The number of benzene rings is 1. The highest BCUT2D eigenvalue weighted by atomic mass is 19.3. The molecule has 21 heavy (non-hydrogen) atoms. The van der Waals surface area contributed by atoms with Crippen molar-refractivity contribution in [1.29, 1.82) is 0 Å². The SMILES string of the molecule is NC(Cc1ccccc1)C(=O)NCc1nccn1C(F)F. The summed E-state index contributed by atoms with van der Waals surface area (Å²) in [5, 5.41) is 2.52. The number of hydrogen-bond donors (Lipinski definition) is 2. The number of amides is 1. The van der Waals surface area contributed by atoms with Gasteiger partial charge in [0.2, 0.25) is 5.91 Å². The van der Waals surface area contributed by atoms with Crippen LogP contribution in [0.1, 0.15) is 17.9 Å². The van der Waals surface area contributed by atoms with E-state index in [9.17, 15) is 13.6 Å². The molecule has 0 aliphatic rings. The summed E-state index contributed by atoms with van der Waals surface area (Å²) in [6.07, 6.45) is 2.81. The molecule has 0 saturated carbocycles. The van der Waals surface area contributed by atoms with Gasteiger partial charge in [0, 0.05) is 12.4 Å². The largest absolute Gasteiger partial charge is 0.348 e. The number of carbonyl (C=O) groups is 1. The minimum absolute atomic E-state index is 0.0847. The highest BCUT2D eigenvalue weighted by Gasteiger charge is 2.16. The van der Waals surface area contributed by atoms with Crippen LogP contribution in [0.3, 0.4) is 0 Å². The number of carbonyl (C=O) groups excluding carboxylic acids is 1. The van der Waals surface area contributed by atoms with E-state index in [-0.39, 0.29) is 12.4 Å². The van der Waals surface area contributed by atoms with Gasteiger partial charge in [-0.05, 0) is 12.0 Å². The van der Waals surface area contributed by atoms with Crippen molar-refractivity contribution in [3.63, 3.8) is 0 Å². The van der Waals surface area contributed by atoms with Gasteiger partial charge in [-0.25, -0.2) is 4.98 Å². The van der Waals surface area contributed by atoms with Crippen LogP contribution in [-0.2, 0) is 17.8 Å². The monoisotopic (exact) mass is 294 g/mol. The Kier molecular flexibility index (Phi) is 4.99. The second kappa shape index (κ2) is 6.94. The van der Waals surface area contributed by atoms with Crippen LogP contribution in [-0.4, -0.2) is 21.5 Å². The van der Waals surface area contributed by atoms with Crippen molar-refractivity contribution in [2.24, 2.45) is 5.73 Å². The smallest absolute Gasteiger partial charge is 0.319 e. The Bertz CT molecular complexity index is 586. The quantitative estimate of drug-likeness (QED) is 0.847. The Balaban J connectivity index is 1.88. The highest BCUT2D eigenvalue weighted by Crippen LogP contribution is 2.12. The van der Waals surface area contributed by atoms with Crippen LogP contribution in [0.25, 0.3) is 0 Å². The molecule has 112 valence electrons. The lowest BCUT2D eigenvalue weighted by molar-refractivity contribution is -0.122. The molecule has 1 aromatic heterocycles. The van der Waals surface area contributed by atoms with Crippen LogP contribution < -0.4 is 11.1 Å². The van der Waals surface area contributed by atoms with Gasteiger partial charge in [0.15, 0.2) is 0 Å². The van der Waals surface area contributed by atoms with Crippen molar-refractivity contribution in [3.05, 3.63) is 54.1 Å². The van der Waals surface area contributed by atoms with E-state index in [2.05, 4.69) is 10.3 Å². The Morgan fingerprint density at radius 3 is 2.71 bits per heavy atom. The molecule has 0 saturated heterocycles. The van der Waals surface area contributed by atoms with E-state index in [1.165, 1.54) is 6.20 Å². The standard InChI is InChI=1S/C14H16F2N4O/c15-14(16)20-7-6-18-12(20)9-19-13(21)11(17)8-10-4-2-1-3-5-10/h1-7,11,14H,8-9,17H2,(H,19,21). The molecule has 1 unspecified atom stereocenters. The lowest BCUT2D eigenvalue weighted by Gasteiger charge is -2.13. The number of alkyl halides is 2. The Labute approximate surface area is 120 Å². The van der Waals surface area contributed by atoms with Gasteiger partial charge in [-0.1, -0.05) is 30.3 Å². The van der Waals surface area contributed by atoms with Crippen molar-refractivity contribution in [2.45, 2.75) is 25.6 Å². The third-order valence-corrected chi connectivity index (χ3v) is 3.02. The normalized spacial score (nSPS) is 12.4. The van der Waals surface area contributed by atoms with Crippen molar-refractivity contribution in [1.82, 2.24) is 14.9 Å². The zero-order chi connectivity index (χ0) is 15.2. The highest BCUT2D eigenvalue weighted by molar-refractivity contribution is 5.81. The second-order valence-corrected chi connectivity index (χ2v) is 4.54. The molecule has 0 spiro atoms. The van der Waals surface area contributed by atoms with Crippen molar-refractivity contribution in [3.8, 4) is 0 Å². The van der Waals surface area contributed by atoms with Gasteiger partial charge in [0.25, 0.3) is 0 Å². The predicted octanol–water partition coefficient (Wildman–Crippen LogP) is 1.46. The van der Waals surface area contributed by atoms with Crippen LogP contribution in [0.5, 0.6) is 0 Å². The number of hydrogen-bond acceptors (Lipinski definition) is 3. The molecule has 1 amide bonds.